The molecule has 2 N–H and O–H groups in total. The van der Waals surface area contributed by atoms with Gasteiger partial charge >= 0.3 is 0 Å². The first kappa shape index (κ1) is 13.8. The van der Waals surface area contributed by atoms with Gasteiger partial charge in [0.15, 0.2) is 0 Å². The van der Waals surface area contributed by atoms with Crippen molar-refractivity contribution in [2.24, 2.45) is 5.73 Å². The maximum absolute atomic E-state index is 6.17. The summed E-state index contributed by atoms with van der Waals surface area (Å²) in [4.78, 5) is 0. The van der Waals surface area contributed by atoms with Crippen LogP contribution in [0.15, 0.2) is 18.2 Å². The zero-order valence-electron chi connectivity index (χ0n) is 9.84. The van der Waals surface area contributed by atoms with Crippen LogP contribution in [0, 0.1) is 0 Å². The molecule has 16 heavy (non-hydrogen) atoms. The molecule has 0 heterocycles. The van der Waals surface area contributed by atoms with Crippen molar-refractivity contribution in [3.63, 3.8) is 0 Å². The Balaban J connectivity index is 2.66. The van der Waals surface area contributed by atoms with Crippen LogP contribution in [-0.4, -0.2) is 6.04 Å². The van der Waals surface area contributed by atoms with Crippen LogP contribution in [-0.2, 0) is 0 Å². The fourth-order valence-corrected chi connectivity index (χ4v) is 2.22. The van der Waals surface area contributed by atoms with E-state index >= 15 is 0 Å². The quantitative estimate of drug-likeness (QED) is 0.821. The van der Waals surface area contributed by atoms with Crippen LogP contribution in [0.25, 0.3) is 0 Å². The molecule has 1 aromatic rings. The minimum Gasteiger partial charge on any atom is -0.328 e. The van der Waals surface area contributed by atoms with Gasteiger partial charge in [0.05, 0.1) is 10.0 Å². The molecular formula is C13H19Cl2N. The van der Waals surface area contributed by atoms with Crippen molar-refractivity contribution < 1.29 is 0 Å². The summed E-state index contributed by atoms with van der Waals surface area (Å²) in [5.41, 5.74) is 7.03. The summed E-state index contributed by atoms with van der Waals surface area (Å²) in [5, 5.41) is 1.31. The third kappa shape index (κ3) is 3.65. The smallest absolute Gasteiger partial charge is 0.0626 e. The second kappa shape index (κ2) is 6.48. The Morgan fingerprint density at radius 1 is 1.25 bits per heavy atom. The van der Waals surface area contributed by atoms with E-state index in [1.165, 1.54) is 0 Å². The second-order valence-electron chi connectivity index (χ2n) is 4.29. The topological polar surface area (TPSA) is 26.0 Å². The van der Waals surface area contributed by atoms with Gasteiger partial charge in [0.1, 0.15) is 0 Å². The fourth-order valence-electron chi connectivity index (χ4n) is 1.72. The van der Waals surface area contributed by atoms with Crippen LogP contribution in [0.2, 0.25) is 10.0 Å². The lowest BCUT2D eigenvalue weighted by Gasteiger charge is -2.16. The van der Waals surface area contributed by atoms with E-state index in [0.717, 1.165) is 24.8 Å². The van der Waals surface area contributed by atoms with E-state index in [2.05, 4.69) is 13.8 Å². The molecule has 2 atom stereocenters. The molecule has 0 aromatic heterocycles. The van der Waals surface area contributed by atoms with Gasteiger partial charge in [-0.2, -0.15) is 0 Å². The Bertz CT molecular complexity index is 339. The second-order valence-corrected chi connectivity index (χ2v) is 5.07. The molecule has 90 valence electrons. The first-order valence-corrected chi connectivity index (χ1v) is 6.51. The Kier molecular flexibility index (Phi) is 5.60. The number of benzene rings is 1. The van der Waals surface area contributed by atoms with E-state index < -0.39 is 0 Å². The Morgan fingerprint density at radius 2 is 1.94 bits per heavy atom. The van der Waals surface area contributed by atoms with Gasteiger partial charge in [-0.3, -0.25) is 0 Å². The molecule has 0 aliphatic heterocycles. The van der Waals surface area contributed by atoms with Crippen LogP contribution < -0.4 is 5.73 Å². The van der Waals surface area contributed by atoms with Crippen LogP contribution in [0.3, 0.4) is 0 Å². The fraction of sp³-hybridized carbons (Fsp3) is 0.538. The van der Waals surface area contributed by atoms with Gasteiger partial charge in [-0.05, 0) is 36.8 Å². The van der Waals surface area contributed by atoms with Gasteiger partial charge in [0.25, 0.3) is 0 Å². The van der Waals surface area contributed by atoms with Crippen molar-refractivity contribution in [1.82, 2.24) is 0 Å². The van der Waals surface area contributed by atoms with Crippen molar-refractivity contribution in [3.05, 3.63) is 33.8 Å². The summed E-state index contributed by atoms with van der Waals surface area (Å²) in [6, 6.07) is 6.09. The minimum atomic E-state index is 0.292. The van der Waals surface area contributed by atoms with E-state index in [-0.39, 0.29) is 0 Å². The highest BCUT2D eigenvalue weighted by Crippen LogP contribution is 2.33. The molecule has 2 unspecified atom stereocenters. The zero-order valence-corrected chi connectivity index (χ0v) is 11.4. The molecule has 0 bridgehead atoms. The molecule has 3 heteroatoms. The standard InChI is InChI=1S/C13H19Cl2N/c1-3-10(16)8-7-9(2)11-5-4-6-12(14)13(11)15/h4-6,9-10H,3,7-8,16H2,1-2H3. The number of hydrogen-bond donors (Lipinski definition) is 1. The Labute approximate surface area is 108 Å². The largest absolute Gasteiger partial charge is 0.328 e. The zero-order chi connectivity index (χ0) is 12.1. The van der Waals surface area contributed by atoms with Gasteiger partial charge in [0.2, 0.25) is 0 Å². The van der Waals surface area contributed by atoms with Crippen molar-refractivity contribution in [2.45, 2.75) is 45.1 Å². The van der Waals surface area contributed by atoms with Crippen molar-refractivity contribution >= 4 is 23.2 Å². The van der Waals surface area contributed by atoms with Crippen molar-refractivity contribution in [1.29, 1.82) is 0 Å². The van der Waals surface area contributed by atoms with E-state index in [1.807, 2.05) is 18.2 Å². The van der Waals surface area contributed by atoms with Crippen LogP contribution in [0.5, 0.6) is 0 Å². The van der Waals surface area contributed by atoms with Crippen LogP contribution >= 0.6 is 23.2 Å². The molecule has 0 amide bonds. The summed E-state index contributed by atoms with van der Waals surface area (Å²) in [7, 11) is 0. The number of rotatable bonds is 5. The lowest BCUT2D eigenvalue weighted by molar-refractivity contribution is 0.530. The number of halogens is 2. The Morgan fingerprint density at radius 3 is 2.56 bits per heavy atom. The van der Waals surface area contributed by atoms with E-state index in [4.69, 9.17) is 28.9 Å². The average Bonchev–Trinajstić information content (AvgIpc) is 2.29. The molecule has 0 fully saturated rings. The Hall–Kier alpha value is -0.240. The minimum absolute atomic E-state index is 0.292. The SMILES string of the molecule is CCC(N)CCC(C)c1cccc(Cl)c1Cl. The normalized spacial score (nSPS) is 14.8. The first-order chi connectivity index (χ1) is 7.56. The highest BCUT2D eigenvalue weighted by Gasteiger charge is 2.12. The van der Waals surface area contributed by atoms with Gasteiger partial charge in [-0.25, -0.2) is 0 Å². The lowest BCUT2D eigenvalue weighted by Crippen LogP contribution is -2.18. The molecule has 1 aromatic carbocycles. The van der Waals surface area contributed by atoms with Gasteiger partial charge in [-0.15, -0.1) is 0 Å². The van der Waals surface area contributed by atoms with Crippen molar-refractivity contribution in [3.8, 4) is 0 Å². The molecule has 0 spiro atoms. The van der Waals surface area contributed by atoms with Crippen LogP contribution in [0.1, 0.15) is 44.6 Å². The molecule has 0 saturated carbocycles. The molecule has 0 aliphatic rings. The summed E-state index contributed by atoms with van der Waals surface area (Å²) < 4.78 is 0. The highest BCUT2D eigenvalue weighted by atomic mass is 35.5. The maximum atomic E-state index is 6.17. The van der Waals surface area contributed by atoms with E-state index in [9.17, 15) is 0 Å². The lowest BCUT2D eigenvalue weighted by atomic mass is 9.94. The molecular weight excluding hydrogens is 241 g/mol. The van der Waals surface area contributed by atoms with Crippen LogP contribution in [0.4, 0.5) is 0 Å². The molecule has 0 saturated heterocycles. The predicted octanol–water partition coefficient (Wildman–Crippen LogP) is 4.61. The average molecular weight is 260 g/mol. The monoisotopic (exact) mass is 259 g/mol. The molecule has 1 nitrogen and oxygen atoms in total. The summed E-state index contributed by atoms with van der Waals surface area (Å²) in [5.74, 6) is 0.406. The molecule has 0 radical (unpaired) electrons. The number of hydrogen-bond acceptors (Lipinski definition) is 1. The summed E-state index contributed by atoms with van der Waals surface area (Å²) >= 11 is 12.2. The van der Waals surface area contributed by atoms with E-state index in [1.54, 1.807) is 0 Å². The van der Waals surface area contributed by atoms with E-state index in [0.29, 0.717) is 22.0 Å². The predicted molar refractivity (Wildman–Crippen MR) is 72.4 cm³/mol. The first-order valence-electron chi connectivity index (χ1n) is 5.75. The maximum Gasteiger partial charge on any atom is 0.0626 e. The number of nitrogens with two attached hydrogens (primary N) is 1. The highest BCUT2D eigenvalue weighted by molar-refractivity contribution is 6.42. The summed E-state index contributed by atoms with van der Waals surface area (Å²) in [6.45, 7) is 4.28. The van der Waals surface area contributed by atoms with Gasteiger partial charge in [-0.1, -0.05) is 49.2 Å². The molecule has 0 aliphatic carbocycles. The summed E-state index contributed by atoms with van der Waals surface area (Å²) in [6.07, 6.45) is 3.10. The van der Waals surface area contributed by atoms with Crippen molar-refractivity contribution in [2.75, 3.05) is 0 Å². The third-order valence-electron chi connectivity index (χ3n) is 3.01. The van der Waals surface area contributed by atoms with Gasteiger partial charge in [0, 0.05) is 6.04 Å². The van der Waals surface area contributed by atoms with Gasteiger partial charge < -0.3 is 5.73 Å². The third-order valence-corrected chi connectivity index (χ3v) is 3.84. The molecule has 1 rings (SSSR count).